The van der Waals surface area contributed by atoms with Crippen LogP contribution in [-0.2, 0) is 9.59 Å². The van der Waals surface area contributed by atoms with Crippen molar-refractivity contribution in [3.8, 4) is 0 Å². The zero-order valence-corrected chi connectivity index (χ0v) is 16.0. The third kappa shape index (κ3) is 5.34. The molecule has 0 aliphatic rings. The van der Waals surface area contributed by atoms with Crippen LogP contribution in [0, 0.1) is 26.2 Å². The van der Waals surface area contributed by atoms with E-state index in [0.29, 0.717) is 6.54 Å². The van der Waals surface area contributed by atoms with Gasteiger partial charge in [-0.1, -0.05) is 17.7 Å². The molecule has 134 valence electrons. The van der Waals surface area contributed by atoms with Crippen LogP contribution in [-0.4, -0.2) is 43.9 Å². The monoisotopic (exact) mass is 333 g/mol. The van der Waals surface area contributed by atoms with E-state index in [0.717, 1.165) is 35.3 Å². The molecule has 0 bridgehead atoms. The number of hydrogen-bond acceptors (Lipinski definition) is 3. The highest BCUT2D eigenvalue weighted by Gasteiger charge is 2.36. The van der Waals surface area contributed by atoms with Gasteiger partial charge in [-0.2, -0.15) is 0 Å². The number of carbonyl (C=O) groups is 2. The molecule has 0 saturated heterocycles. The Bertz CT molecular complexity index is 584. The number of anilines is 1. The molecule has 2 N–H and O–H groups in total. The maximum atomic E-state index is 12.6. The van der Waals surface area contributed by atoms with Gasteiger partial charge in [-0.3, -0.25) is 9.59 Å². The Kier molecular flexibility index (Phi) is 6.96. The minimum Gasteiger partial charge on any atom is -0.355 e. The summed E-state index contributed by atoms with van der Waals surface area (Å²) in [7, 11) is 3.98. The van der Waals surface area contributed by atoms with Crippen LogP contribution >= 0.6 is 0 Å². The average molecular weight is 333 g/mol. The smallest absolute Gasteiger partial charge is 0.239 e. The zero-order valence-electron chi connectivity index (χ0n) is 16.0. The highest BCUT2D eigenvalue weighted by atomic mass is 16.2. The maximum absolute atomic E-state index is 12.6. The summed E-state index contributed by atoms with van der Waals surface area (Å²) in [6.07, 6.45) is 0.854. The van der Waals surface area contributed by atoms with Crippen molar-refractivity contribution in [3.05, 3.63) is 28.8 Å². The Morgan fingerprint density at radius 2 is 1.58 bits per heavy atom. The van der Waals surface area contributed by atoms with E-state index in [9.17, 15) is 9.59 Å². The summed E-state index contributed by atoms with van der Waals surface area (Å²) in [6, 6.07) is 4.05. The van der Waals surface area contributed by atoms with Crippen LogP contribution in [0.3, 0.4) is 0 Å². The summed E-state index contributed by atoms with van der Waals surface area (Å²) in [6.45, 7) is 10.7. The molecule has 0 saturated carbocycles. The fourth-order valence-electron chi connectivity index (χ4n) is 2.57. The van der Waals surface area contributed by atoms with E-state index < -0.39 is 5.41 Å². The molecule has 2 amide bonds. The molecule has 5 heteroatoms. The second-order valence-corrected chi connectivity index (χ2v) is 7.27. The zero-order chi connectivity index (χ0) is 18.5. The molecule has 5 nitrogen and oxygen atoms in total. The summed E-state index contributed by atoms with van der Waals surface area (Å²) < 4.78 is 0. The van der Waals surface area contributed by atoms with Crippen LogP contribution in [0.1, 0.15) is 37.0 Å². The van der Waals surface area contributed by atoms with E-state index in [2.05, 4.69) is 15.5 Å². The van der Waals surface area contributed by atoms with E-state index in [1.165, 1.54) is 0 Å². The lowest BCUT2D eigenvalue weighted by molar-refractivity contribution is -0.138. The number of benzene rings is 1. The third-order valence-electron chi connectivity index (χ3n) is 4.12. The van der Waals surface area contributed by atoms with Crippen molar-refractivity contribution in [2.45, 2.75) is 41.0 Å². The molecular weight excluding hydrogens is 302 g/mol. The van der Waals surface area contributed by atoms with Gasteiger partial charge in [-0.25, -0.2) is 0 Å². The van der Waals surface area contributed by atoms with Gasteiger partial charge in [-0.15, -0.1) is 0 Å². The number of nitrogens with one attached hydrogen (secondary N) is 2. The molecule has 0 radical (unpaired) electrons. The lowest BCUT2D eigenvalue weighted by Crippen LogP contribution is -2.45. The van der Waals surface area contributed by atoms with E-state index in [1.54, 1.807) is 13.8 Å². The van der Waals surface area contributed by atoms with Gasteiger partial charge in [0.1, 0.15) is 5.41 Å². The molecule has 24 heavy (non-hydrogen) atoms. The molecule has 0 aromatic heterocycles. The Morgan fingerprint density at radius 3 is 2.08 bits per heavy atom. The van der Waals surface area contributed by atoms with Gasteiger partial charge in [0.15, 0.2) is 0 Å². The number of nitrogens with zero attached hydrogens (tertiary/aromatic N) is 1. The first kappa shape index (κ1) is 20.2. The molecule has 0 spiro atoms. The fraction of sp³-hybridized carbons (Fsp3) is 0.579. The molecule has 1 rings (SSSR count). The van der Waals surface area contributed by atoms with Gasteiger partial charge < -0.3 is 15.5 Å². The molecule has 0 heterocycles. The largest absolute Gasteiger partial charge is 0.355 e. The predicted molar refractivity (Wildman–Crippen MR) is 99.2 cm³/mol. The van der Waals surface area contributed by atoms with Gasteiger partial charge in [0.25, 0.3) is 0 Å². The van der Waals surface area contributed by atoms with Crippen molar-refractivity contribution in [2.24, 2.45) is 5.41 Å². The maximum Gasteiger partial charge on any atom is 0.239 e. The van der Waals surface area contributed by atoms with Gasteiger partial charge in [-0.05, 0) is 72.8 Å². The van der Waals surface area contributed by atoms with Crippen molar-refractivity contribution in [3.63, 3.8) is 0 Å². The number of carbonyl (C=O) groups excluding carboxylic acids is 2. The third-order valence-corrected chi connectivity index (χ3v) is 4.12. The lowest BCUT2D eigenvalue weighted by Gasteiger charge is -2.24. The molecule has 0 fully saturated rings. The number of hydrogen-bond donors (Lipinski definition) is 2. The number of amides is 2. The molecule has 0 unspecified atom stereocenters. The molecule has 0 aliphatic heterocycles. The second-order valence-electron chi connectivity index (χ2n) is 7.27. The molecular formula is C19H31N3O2. The van der Waals surface area contributed by atoms with Crippen molar-refractivity contribution in [1.29, 1.82) is 0 Å². The highest BCUT2D eigenvalue weighted by molar-refractivity contribution is 6.10. The minimum atomic E-state index is -1.12. The number of aryl methyl sites for hydroxylation is 3. The first-order valence-electron chi connectivity index (χ1n) is 8.38. The molecule has 1 aromatic carbocycles. The SMILES string of the molecule is Cc1cc(C)c(NC(=O)C(C)(C)C(=O)NCCCN(C)C)c(C)c1. The van der Waals surface area contributed by atoms with Crippen LogP contribution in [0.25, 0.3) is 0 Å². The summed E-state index contributed by atoms with van der Waals surface area (Å²) >= 11 is 0. The van der Waals surface area contributed by atoms with Gasteiger partial charge in [0, 0.05) is 12.2 Å². The van der Waals surface area contributed by atoms with E-state index >= 15 is 0 Å². The Hall–Kier alpha value is -1.88. The van der Waals surface area contributed by atoms with E-state index in [1.807, 2.05) is 47.0 Å². The Morgan fingerprint density at radius 1 is 1.04 bits per heavy atom. The molecule has 0 aliphatic carbocycles. The first-order valence-corrected chi connectivity index (χ1v) is 8.38. The molecule has 1 aromatic rings. The highest BCUT2D eigenvalue weighted by Crippen LogP contribution is 2.25. The standard InChI is InChI=1S/C19H31N3O2/c1-13-11-14(2)16(15(3)12-13)21-18(24)19(4,5)17(23)20-9-8-10-22(6)7/h11-12H,8-10H2,1-7H3,(H,20,23)(H,21,24). The van der Waals surface area contributed by atoms with Crippen molar-refractivity contribution < 1.29 is 9.59 Å². The van der Waals surface area contributed by atoms with E-state index in [-0.39, 0.29) is 11.8 Å². The van der Waals surface area contributed by atoms with Crippen molar-refractivity contribution >= 4 is 17.5 Å². The lowest BCUT2D eigenvalue weighted by atomic mass is 9.90. The summed E-state index contributed by atoms with van der Waals surface area (Å²) in [4.78, 5) is 27.1. The summed E-state index contributed by atoms with van der Waals surface area (Å²) in [5.74, 6) is -0.538. The Balaban J connectivity index is 2.73. The normalized spacial score (nSPS) is 11.5. The van der Waals surface area contributed by atoms with Crippen molar-refractivity contribution in [2.75, 3.05) is 32.5 Å². The van der Waals surface area contributed by atoms with Crippen molar-refractivity contribution in [1.82, 2.24) is 10.2 Å². The Labute approximate surface area is 145 Å². The quantitative estimate of drug-likeness (QED) is 0.596. The predicted octanol–water partition coefficient (Wildman–Crippen LogP) is 2.64. The summed E-state index contributed by atoms with van der Waals surface area (Å²) in [5.41, 5.74) is 2.83. The first-order chi connectivity index (χ1) is 11.1. The molecule has 0 atom stereocenters. The van der Waals surface area contributed by atoms with Crippen LogP contribution in [0.5, 0.6) is 0 Å². The van der Waals surface area contributed by atoms with Crippen LogP contribution in [0.15, 0.2) is 12.1 Å². The summed E-state index contributed by atoms with van der Waals surface area (Å²) in [5, 5.41) is 5.78. The van der Waals surface area contributed by atoms with Crippen LogP contribution in [0.2, 0.25) is 0 Å². The van der Waals surface area contributed by atoms with Gasteiger partial charge in [0.2, 0.25) is 11.8 Å². The second kappa shape index (κ2) is 8.29. The average Bonchev–Trinajstić information content (AvgIpc) is 2.46. The van der Waals surface area contributed by atoms with E-state index in [4.69, 9.17) is 0 Å². The van der Waals surface area contributed by atoms with Gasteiger partial charge in [0.05, 0.1) is 0 Å². The minimum absolute atomic E-state index is 0.249. The number of rotatable bonds is 7. The van der Waals surface area contributed by atoms with Crippen LogP contribution in [0.4, 0.5) is 5.69 Å². The fourth-order valence-corrected chi connectivity index (χ4v) is 2.57. The van der Waals surface area contributed by atoms with Crippen LogP contribution < -0.4 is 10.6 Å². The topological polar surface area (TPSA) is 61.4 Å². The van der Waals surface area contributed by atoms with Gasteiger partial charge >= 0.3 is 0 Å².